The normalized spacial score (nSPS) is 20.0. The van der Waals surface area contributed by atoms with E-state index >= 15 is 0 Å². The van der Waals surface area contributed by atoms with Gasteiger partial charge in [0.05, 0.1) is 12.2 Å². The first-order valence-electron chi connectivity index (χ1n) is 8.67. The molecule has 1 aliphatic heterocycles. The van der Waals surface area contributed by atoms with Crippen LogP contribution in [0.4, 0.5) is 0 Å². The second-order valence-corrected chi connectivity index (χ2v) is 6.71. The predicted octanol–water partition coefficient (Wildman–Crippen LogP) is 2.58. The summed E-state index contributed by atoms with van der Waals surface area (Å²) < 4.78 is 2.06. The smallest absolute Gasteiger partial charge is 0.239 e. The highest BCUT2D eigenvalue weighted by Crippen LogP contribution is 2.29. The summed E-state index contributed by atoms with van der Waals surface area (Å²) in [6.07, 6.45) is 3.35. The molecule has 24 heavy (non-hydrogen) atoms. The number of likely N-dealkylation sites (tertiary alicyclic amines) is 1. The molecule has 2 heterocycles. The van der Waals surface area contributed by atoms with Crippen molar-refractivity contribution >= 4 is 5.91 Å². The largest absolute Gasteiger partial charge is 0.368 e. The molecule has 0 bridgehead atoms. The van der Waals surface area contributed by atoms with Crippen LogP contribution < -0.4 is 5.73 Å². The number of rotatable bonds is 5. The maximum Gasteiger partial charge on any atom is 0.239 e. The zero-order valence-electron chi connectivity index (χ0n) is 14.5. The zero-order chi connectivity index (χ0) is 17.1. The van der Waals surface area contributed by atoms with Gasteiger partial charge >= 0.3 is 0 Å². The molecule has 1 aromatic carbocycles. The van der Waals surface area contributed by atoms with Gasteiger partial charge in [0.2, 0.25) is 5.91 Å². The van der Waals surface area contributed by atoms with E-state index in [2.05, 4.69) is 27.7 Å². The van der Waals surface area contributed by atoms with Crippen LogP contribution in [0.1, 0.15) is 42.3 Å². The fourth-order valence-electron chi connectivity index (χ4n) is 3.77. The molecule has 2 unspecified atom stereocenters. The standard InChI is InChI=1S/C19H26N4O/c1-14-12-15(2)23(21-14)13-17-10-6-7-11-22(17)18(19(20)24)16-8-4-3-5-9-16/h3-5,8-9,12,17-18H,6-7,10-11,13H2,1-2H3,(H2,20,24). The van der Waals surface area contributed by atoms with Crippen molar-refractivity contribution < 1.29 is 4.79 Å². The maximum absolute atomic E-state index is 12.2. The average molecular weight is 326 g/mol. The first-order valence-corrected chi connectivity index (χ1v) is 8.67. The Morgan fingerprint density at radius 2 is 2.04 bits per heavy atom. The molecule has 0 spiro atoms. The van der Waals surface area contributed by atoms with Crippen LogP contribution in [0.2, 0.25) is 0 Å². The summed E-state index contributed by atoms with van der Waals surface area (Å²) >= 11 is 0. The molecule has 1 aliphatic rings. The molecule has 1 saturated heterocycles. The fourth-order valence-corrected chi connectivity index (χ4v) is 3.77. The Morgan fingerprint density at radius 1 is 1.29 bits per heavy atom. The summed E-state index contributed by atoms with van der Waals surface area (Å²) in [5.41, 5.74) is 8.96. The third-order valence-electron chi connectivity index (χ3n) is 4.88. The van der Waals surface area contributed by atoms with Gasteiger partial charge in [-0.2, -0.15) is 5.10 Å². The quantitative estimate of drug-likeness (QED) is 0.918. The molecule has 2 aromatic rings. The molecular weight excluding hydrogens is 300 g/mol. The van der Waals surface area contributed by atoms with Crippen LogP contribution in [0.3, 0.4) is 0 Å². The number of hydrogen-bond donors (Lipinski definition) is 1. The van der Waals surface area contributed by atoms with Crippen LogP contribution in [-0.2, 0) is 11.3 Å². The topological polar surface area (TPSA) is 64.2 Å². The van der Waals surface area contributed by atoms with Crippen LogP contribution >= 0.6 is 0 Å². The summed E-state index contributed by atoms with van der Waals surface area (Å²) in [6, 6.07) is 11.9. The van der Waals surface area contributed by atoms with E-state index in [9.17, 15) is 4.79 Å². The minimum absolute atomic E-state index is 0.273. The minimum atomic E-state index is -0.367. The Hall–Kier alpha value is -2.14. The van der Waals surface area contributed by atoms with Crippen molar-refractivity contribution in [1.82, 2.24) is 14.7 Å². The lowest BCUT2D eigenvalue weighted by atomic mass is 9.95. The van der Waals surface area contributed by atoms with Gasteiger partial charge in [-0.25, -0.2) is 0 Å². The van der Waals surface area contributed by atoms with Gasteiger partial charge < -0.3 is 5.73 Å². The molecule has 2 atom stereocenters. The molecule has 0 saturated carbocycles. The summed E-state index contributed by atoms with van der Waals surface area (Å²) in [5, 5.41) is 4.59. The lowest BCUT2D eigenvalue weighted by Crippen LogP contribution is -2.48. The van der Waals surface area contributed by atoms with Gasteiger partial charge in [-0.3, -0.25) is 14.4 Å². The number of amides is 1. The van der Waals surface area contributed by atoms with E-state index in [0.29, 0.717) is 0 Å². The van der Waals surface area contributed by atoms with Crippen LogP contribution in [-0.4, -0.2) is 33.2 Å². The molecule has 1 amide bonds. The van der Waals surface area contributed by atoms with Gasteiger partial charge in [-0.15, -0.1) is 0 Å². The SMILES string of the molecule is Cc1cc(C)n(CC2CCCCN2C(C(N)=O)c2ccccc2)n1. The number of nitrogens with two attached hydrogens (primary N) is 1. The Morgan fingerprint density at radius 3 is 2.67 bits per heavy atom. The van der Waals surface area contributed by atoms with Crippen LogP contribution in [0.5, 0.6) is 0 Å². The van der Waals surface area contributed by atoms with E-state index in [4.69, 9.17) is 5.73 Å². The van der Waals surface area contributed by atoms with E-state index in [1.807, 2.05) is 37.3 Å². The molecule has 1 fully saturated rings. The van der Waals surface area contributed by atoms with E-state index in [1.54, 1.807) is 0 Å². The molecule has 0 aliphatic carbocycles. The van der Waals surface area contributed by atoms with Crippen molar-refractivity contribution in [2.75, 3.05) is 6.54 Å². The summed E-state index contributed by atoms with van der Waals surface area (Å²) in [7, 11) is 0. The second kappa shape index (κ2) is 7.18. The fraction of sp³-hybridized carbons (Fsp3) is 0.474. The monoisotopic (exact) mass is 326 g/mol. The summed E-state index contributed by atoms with van der Waals surface area (Å²) in [4.78, 5) is 14.5. The molecule has 5 heteroatoms. The number of piperidine rings is 1. The average Bonchev–Trinajstić information content (AvgIpc) is 2.87. The first kappa shape index (κ1) is 16.7. The number of nitrogens with zero attached hydrogens (tertiary/aromatic N) is 3. The number of primary amides is 1. The Bertz CT molecular complexity index is 695. The van der Waals surface area contributed by atoms with Crippen molar-refractivity contribution in [2.24, 2.45) is 5.73 Å². The van der Waals surface area contributed by atoms with Gasteiger partial charge in [0.15, 0.2) is 0 Å². The lowest BCUT2D eigenvalue weighted by molar-refractivity contribution is -0.125. The number of aryl methyl sites for hydroxylation is 2. The lowest BCUT2D eigenvalue weighted by Gasteiger charge is -2.40. The van der Waals surface area contributed by atoms with Crippen LogP contribution in [0, 0.1) is 13.8 Å². The highest BCUT2D eigenvalue weighted by molar-refractivity contribution is 5.81. The Labute approximate surface area is 143 Å². The molecule has 128 valence electrons. The molecule has 5 nitrogen and oxygen atoms in total. The van der Waals surface area contributed by atoms with E-state index < -0.39 is 0 Å². The third-order valence-corrected chi connectivity index (χ3v) is 4.88. The first-order chi connectivity index (χ1) is 11.6. The summed E-state index contributed by atoms with van der Waals surface area (Å²) in [6.45, 7) is 5.79. The second-order valence-electron chi connectivity index (χ2n) is 6.71. The number of benzene rings is 1. The molecule has 3 rings (SSSR count). The van der Waals surface area contributed by atoms with E-state index in [0.717, 1.165) is 42.9 Å². The van der Waals surface area contributed by atoms with Crippen molar-refractivity contribution in [3.8, 4) is 0 Å². The number of carbonyl (C=O) groups excluding carboxylic acids is 1. The number of carbonyl (C=O) groups is 1. The highest BCUT2D eigenvalue weighted by atomic mass is 16.1. The third kappa shape index (κ3) is 3.51. The van der Waals surface area contributed by atoms with Gasteiger partial charge in [0, 0.05) is 11.7 Å². The number of aromatic nitrogens is 2. The van der Waals surface area contributed by atoms with Crippen molar-refractivity contribution in [3.63, 3.8) is 0 Å². The minimum Gasteiger partial charge on any atom is -0.368 e. The van der Waals surface area contributed by atoms with Gasteiger partial charge in [-0.1, -0.05) is 36.8 Å². The molecule has 1 aromatic heterocycles. The van der Waals surface area contributed by atoms with Gasteiger partial charge in [0.25, 0.3) is 0 Å². The van der Waals surface area contributed by atoms with Crippen molar-refractivity contribution in [1.29, 1.82) is 0 Å². The Kier molecular flexibility index (Phi) is 5.00. The molecule has 0 radical (unpaired) electrons. The van der Waals surface area contributed by atoms with Gasteiger partial charge in [0.1, 0.15) is 6.04 Å². The summed E-state index contributed by atoms with van der Waals surface area (Å²) in [5.74, 6) is -0.276. The van der Waals surface area contributed by atoms with Crippen molar-refractivity contribution in [2.45, 2.75) is 51.7 Å². The van der Waals surface area contributed by atoms with Crippen LogP contribution in [0.25, 0.3) is 0 Å². The Balaban J connectivity index is 1.87. The highest BCUT2D eigenvalue weighted by Gasteiger charge is 2.33. The zero-order valence-corrected chi connectivity index (χ0v) is 14.5. The maximum atomic E-state index is 12.2. The van der Waals surface area contributed by atoms with E-state index in [1.165, 1.54) is 6.42 Å². The molecular formula is C19H26N4O. The van der Waals surface area contributed by atoms with Crippen molar-refractivity contribution in [3.05, 3.63) is 53.3 Å². The number of hydrogen-bond acceptors (Lipinski definition) is 3. The van der Waals surface area contributed by atoms with Gasteiger partial charge in [-0.05, 0) is 44.9 Å². The van der Waals surface area contributed by atoms with Crippen LogP contribution in [0.15, 0.2) is 36.4 Å². The molecule has 2 N–H and O–H groups in total. The predicted molar refractivity (Wildman–Crippen MR) is 94.4 cm³/mol. The van der Waals surface area contributed by atoms with E-state index in [-0.39, 0.29) is 18.0 Å².